The lowest BCUT2D eigenvalue weighted by molar-refractivity contribution is -0.384. The van der Waals surface area contributed by atoms with E-state index in [2.05, 4.69) is 5.32 Å². The van der Waals surface area contributed by atoms with Gasteiger partial charge in [-0.1, -0.05) is 0 Å². The summed E-state index contributed by atoms with van der Waals surface area (Å²) in [5.74, 6) is 0.937. The first-order valence-corrected chi connectivity index (χ1v) is 6.64. The standard InChI is InChI=1S/C11H15N3O4S/c1-18-8-2-3-9(10(6-8)14(16)17)13-11(15)7-19-5-4-12/h2-3,6H,4-5,7,12H2,1H3,(H,13,15). The Morgan fingerprint density at radius 3 is 2.89 bits per heavy atom. The molecule has 0 saturated heterocycles. The molecule has 0 aliphatic rings. The number of anilines is 1. The summed E-state index contributed by atoms with van der Waals surface area (Å²) < 4.78 is 4.91. The SMILES string of the molecule is COc1ccc(NC(=O)CSCCN)c([N+](=O)[O-])c1. The van der Waals surface area contributed by atoms with Crippen molar-refractivity contribution in [3.05, 3.63) is 28.3 Å². The summed E-state index contributed by atoms with van der Waals surface area (Å²) in [6.45, 7) is 0.487. The van der Waals surface area contributed by atoms with Gasteiger partial charge in [0.2, 0.25) is 5.91 Å². The van der Waals surface area contributed by atoms with Gasteiger partial charge in [-0.25, -0.2) is 0 Å². The van der Waals surface area contributed by atoms with Crippen molar-refractivity contribution in [1.82, 2.24) is 0 Å². The van der Waals surface area contributed by atoms with Crippen LogP contribution in [-0.2, 0) is 4.79 Å². The number of nitro benzene ring substituents is 1. The molecule has 1 amide bonds. The molecule has 7 nitrogen and oxygen atoms in total. The van der Waals surface area contributed by atoms with Crippen LogP contribution in [0.4, 0.5) is 11.4 Å². The summed E-state index contributed by atoms with van der Waals surface area (Å²) in [5.41, 5.74) is 5.27. The molecule has 0 fully saturated rings. The van der Waals surface area contributed by atoms with Crippen molar-refractivity contribution in [3.8, 4) is 5.75 Å². The predicted octanol–water partition coefficient (Wildman–Crippen LogP) is 1.23. The lowest BCUT2D eigenvalue weighted by atomic mass is 10.2. The lowest BCUT2D eigenvalue weighted by Crippen LogP contribution is -2.16. The number of amides is 1. The maximum atomic E-state index is 11.6. The van der Waals surface area contributed by atoms with Gasteiger partial charge in [0, 0.05) is 12.3 Å². The average Bonchev–Trinajstić information content (AvgIpc) is 2.39. The maximum absolute atomic E-state index is 11.6. The van der Waals surface area contributed by atoms with Crippen LogP contribution in [0.25, 0.3) is 0 Å². The van der Waals surface area contributed by atoms with E-state index in [1.165, 1.54) is 31.0 Å². The third-order valence-electron chi connectivity index (χ3n) is 2.17. The summed E-state index contributed by atoms with van der Waals surface area (Å²) in [6.07, 6.45) is 0. The molecule has 0 radical (unpaired) electrons. The Hall–Kier alpha value is -1.80. The Kier molecular flexibility index (Phi) is 6.10. The smallest absolute Gasteiger partial charge is 0.296 e. The van der Waals surface area contributed by atoms with Crippen LogP contribution < -0.4 is 15.8 Å². The third-order valence-corrected chi connectivity index (χ3v) is 3.16. The normalized spacial score (nSPS) is 10.0. The molecule has 0 aliphatic carbocycles. The zero-order valence-corrected chi connectivity index (χ0v) is 11.2. The predicted molar refractivity (Wildman–Crippen MR) is 74.7 cm³/mol. The molecular weight excluding hydrogens is 270 g/mol. The van der Waals surface area contributed by atoms with Crippen molar-refractivity contribution in [2.45, 2.75) is 0 Å². The van der Waals surface area contributed by atoms with Gasteiger partial charge in [-0.15, -0.1) is 0 Å². The van der Waals surface area contributed by atoms with Crippen LogP contribution in [0.1, 0.15) is 0 Å². The Bertz CT molecular complexity index is 467. The molecule has 8 heteroatoms. The molecule has 0 unspecified atom stereocenters. The molecule has 1 aromatic carbocycles. The second-order valence-electron chi connectivity index (χ2n) is 3.53. The number of methoxy groups -OCH3 is 1. The molecule has 0 aliphatic heterocycles. The quantitative estimate of drug-likeness (QED) is 0.443. The second-order valence-corrected chi connectivity index (χ2v) is 4.63. The molecular formula is C11H15N3O4S. The summed E-state index contributed by atoms with van der Waals surface area (Å²) in [5, 5.41) is 13.4. The fraction of sp³-hybridized carbons (Fsp3) is 0.364. The van der Waals surface area contributed by atoms with Gasteiger partial charge < -0.3 is 15.8 Å². The van der Waals surface area contributed by atoms with E-state index in [-0.39, 0.29) is 23.0 Å². The second kappa shape index (κ2) is 7.59. The van der Waals surface area contributed by atoms with Gasteiger partial charge in [0.25, 0.3) is 5.69 Å². The molecule has 0 aromatic heterocycles. The van der Waals surface area contributed by atoms with Gasteiger partial charge >= 0.3 is 0 Å². The van der Waals surface area contributed by atoms with E-state index in [1.54, 1.807) is 6.07 Å². The third kappa shape index (κ3) is 4.76. The summed E-state index contributed by atoms with van der Waals surface area (Å²) in [4.78, 5) is 21.9. The number of nitrogens with zero attached hydrogens (tertiary/aromatic N) is 1. The van der Waals surface area contributed by atoms with Gasteiger partial charge in [-0.2, -0.15) is 11.8 Å². The van der Waals surface area contributed by atoms with Crippen LogP contribution in [0, 0.1) is 10.1 Å². The van der Waals surface area contributed by atoms with Gasteiger partial charge in [-0.3, -0.25) is 14.9 Å². The average molecular weight is 285 g/mol. The Labute approximate surface area is 114 Å². The highest BCUT2D eigenvalue weighted by Crippen LogP contribution is 2.28. The summed E-state index contributed by atoms with van der Waals surface area (Å²) >= 11 is 1.37. The number of hydrogen-bond acceptors (Lipinski definition) is 6. The van der Waals surface area contributed by atoms with E-state index < -0.39 is 4.92 Å². The number of carbonyl (C=O) groups excluding carboxylic acids is 1. The number of thioether (sulfide) groups is 1. The van der Waals surface area contributed by atoms with Crippen molar-refractivity contribution in [1.29, 1.82) is 0 Å². The number of nitrogens with one attached hydrogen (secondary N) is 1. The number of benzene rings is 1. The molecule has 0 saturated carbocycles. The highest BCUT2D eigenvalue weighted by Gasteiger charge is 2.16. The number of nitrogens with two attached hydrogens (primary N) is 1. The first kappa shape index (κ1) is 15.3. The fourth-order valence-corrected chi connectivity index (χ4v) is 1.90. The highest BCUT2D eigenvalue weighted by atomic mass is 32.2. The lowest BCUT2D eigenvalue weighted by Gasteiger charge is -2.07. The minimum Gasteiger partial charge on any atom is -0.496 e. The molecule has 0 atom stereocenters. The minimum absolute atomic E-state index is 0.157. The first-order chi connectivity index (χ1) is 9.08. The number of rotatable bonds is 7. The highest BCUT2D eigenvalue weighted by molar-refractivity contribution is 7.99. The van der Waals surface area contributed by atoms with Crippen LogP contribution >= 0.6 is 11.8 Å². The van der Waals surface area contributed by atoms with Crippen molar-refractivity contribution < 1.29 is 14.5 Å². The van der Waals surface area contributed by atoms with Crippen LogP contribution in [-0.4, -0.2) is 36.0 Å². The zero-order valence-electron chi connectivity index (χ0n) is 10.4. The minimum atomic E-state index is -0.564. The van der Waals surface area contributed by atoms with Gasteiger partial charge in [-0.05, 0) is 12.1 Å². The van der Waals surface area contributed by atoms with E-state index >= 15 is 0 Å². The Morgan fingerprint density at radius 1 is 1.58 bits per heavy atom. The summed E-state index contributed by atoms with van der Waals surface area (Å²) in [6, 6.07) is 4.26. The van der Waals surface area contributed by atoms with Crippen molar-refractivity contribution in [3.63, 3.8) is 0 Å². The molecule has 0 bridgehead atoms. The zero-order chi connectivity index (χ0) is 14.3. The fourth-order valence-electron chi connectivity index (χ4n) is 1.33. The Morgan fingerprint density at radius 2 is 2.32 bits per heavy atom. The largest absolute Gasteiger partial charge is 0.496 e. The van der Waals surface area contributed by atoms with E-state index in [9.17, 15) is 14.9 Å². The molecule has 1 rings (SSSR count). The van der Waals surface area contributed by atoms with Crippen molar-refractivity contribution in [2.24, 2.45) is 5.73 Å². The molecule has 19 heavy (non-hydrogen) atoms. The van der Waals surface area contributed by atoms with Crippen molar-refractivity contribution >= 4 is 29.0 Å². The summed E-state index contributed by atoms with van der Waals surface area (Å²) in [7, 11) is 1.42. The van der Waals surface area contributed by atoms with Crippen LogP contribution in [0.5, 0.6) is 5.75 Å². The van der Waals surface area contributed by atoms with Crippen LogP contribution in [0.3, 0.4) is 0 Å². The maximum Gasteiger partial charge on any atom is 0.296 e. The first-order valence-electron chi connectivity index (χ1n) is 5.48. The van der Waals surface area contributed by atoms with E-state index in [1.807, 2.05) is 0 Å². The van der Waals surface area contributed by atoms with Crippen LogP contribution in [0.2, 0.25) is 0 Å². The van der Waals surface area contributed by atoms with Crippen molar-refractivity contribution in [2.75, 3.05) is 30.5 Å². The molecule has 0 spiro atoms. The molecule has 104 valence electrons. The van der Waals surface area contributed by atoms with Crippen LogP contribution in [0.15, 0.2) is 18.2 Å². The topological polar surface area (TPSA) is 107 Å². The molecule has 0 heterocycles. The number of hydrogen-bond donors (Lipinski definition) is 2. The Balaban J connectivity index is 2.77. The number of carbonyl (C=O) groups is 1. The molecule has 3 N–H and O–H groups in total. The van der Waals surface area contributed by atoms with E-state index in [0.29, 0.717) is 18.0 Å². The number of nitro groups is 1. The van der Waals surface area contributed by atoms with E-state index in [4.69, 9.17) is 10.5 Å². The molecule has 1 aromatic rings. The van der Waals surface area contributed by atoms with E-state index in [0.717, 1.165) is 0 Å². The number of ether oxygens (including phenoxy) is 1. The van der Waals surface area contributed by atoms with Gasteiger partial charge in [0.15, 0.2) is 0 Å². The van der Waals surface area contributed by atoms with Gasteiger partial charge in [0.1, 0.15) is 11.4 Å². The monoisotopic (exact) mass is 285 g/mol. The van der Waals surface area contributed by atoms with Gasteiger partial charge in [0.05, 0.1) is 23.9 Å².